The summed E-state index contributed by atoms with van der Waals surface area (Å²) in [5.74, 6) is 0.448. The number of thioether (sulfide) groups is 1. The summed E-state index contributed by atoms with van der Waals surface area (Å²) >= 11 is 6.99. The average molecular weight is 554 g/mol. The van der Waals surface area contributed by atoms with Crippen LogP contribution in [0.1, 0.15) is 22.3 Å². The quantitative estimate of drug-likeness (QED) is 0.158. The molecule has 0 saturated heterocycles. The number of fused-ring (bicyclic) bond motifs is 3. The van der Waals surface area contributed by atoms with Crippen molar-refractivity contribution in [2.75, 3.05) is 5.32 Å². The highest BCUT2D eigenvalue weighted by molar-refractivity contribution is 7.98. The minimum Gasteiger partial charge on any atom is -0.406 e. The lowest BCUT2D eigenvalue weighted by atomic mass is 10.0. The van der Waals surface area contributed by atoms with E-state index in [1.165, 1.54) is 12.1 Å². The smallest absolute Gasteiger partial charge is 0.406 e. The van der Waals surface area contributed by atoms with E-state index in [2.05, 4.69) is 31.6 Å². The molecule has 0 aliphatic carbocycles. The van der Waals surface area contributed by atoms with E-state index in [0.29, 0.717) is 16.6 Å². The molecular weight excluding hydrogens is 531 g/mol. The van der Waals surface area contributed by atoms with Gasteiger partial charge in [-0.25, -0.2) is 4.98 Å². The Hall–Kier alpha value is -3.83. The number of rotatable bonds is 5. The largest absolute Gasteiger partial charge is 0.573 e. The van der Waals surface area contributed by atoms with Gasteiger partial charge in [-0.2, -0.15) is 5.10 Å². The molecule has 0 saturated carbocycles. The van der Waals surface area contributed by atoms with Gasteiger partial charge in [0.2, 0.25) is 0 Å². The highest BCUT2D eigenvalue weighted by Gasteiger charge is 2.31. The van der Waals surface area contributed by atoms with Crippen LogP contribution in [-0.4, -0.2) is 27.2 Å². The third-order valence-electron chi connectivity index (χ3n) is 5.92. The Bertz CT molecular complexity index is 1510. The van der Waals surface area contributed by atoms with E-state index in [1.54, 1.807) is 36.4 Å². The molecule has 4 aromatic rings. The van der Waals surface area contributed by atoms with Crippen LogP contribution >= 0.6 is 24.0 Å². The van der Waals surface area contributed by atoms with Crippen molar-refractivity contribution in [1.82, 2.24) is 15.0 Å². The van der Waals surface area contributed by atoms with Crippen LogP contribution in [0.3, 0.4) is 0 Å². The monoisotopic (exact) mass is 553 g/mol. The molecule has 6 nitrogen and oxygen atoms in total. The van der Waals surface area contributed by atoms with Crippen molar-refractivity contribution in [3.8, 4) is 22.7 Å². The fourth-order valence-electron chi connectivity index (χ4n) is 4.16. The first kappa shape index (κ1) is 25.8. The number of anilines is 1. The first-order chi connectivity index (χ1) is 18.2. The van der Waals surface area contributed by atoms with E-state index in [1.807, 2.05) is 48.7 Å². The molecule has 5 rings (SSSR count). The second-order valence-electron chi connectivity index (χ2n) is 8.61. The van der Waals surface area contributed by atoms with Crippen molar-refractivity contribution < 1.29 is 17.9 Å². The molecule has 194 valence electrons. The number of benzene rings is 3. The van der Waals surface area contributed by atoms with E-state index in [4.69, 9.17) is 12.2 Å². The van der Waals surface area contributed by atoms with Gasteiger partial charge in [0.25, 0.3) is 0 Å². The number of halogens is 3. The molecule has 0 unspecified atom stereocenters. The molecule has 2 heterocycles. The lowest BCUT2D eigenvalue weighted by Gasteiger charge is -2.18. The predicted octanol–water partition coefficient (Wildman–Crippen LogP) is 6.98. The minimum atomic E-state index is -4.72. The number of nitrogens with zero attached hydrogens (tertiary/aromatic N) is 3. The SMILES string of the molecule is Cc1cccc(C)c1NC(=S)N/N=C/c1ccc2c(c1)CSc1c-2ncn1-c1ccc(OC(F)(F)F)cc1. The van der Waals surface area contributed by atoms with Gasteiger partial charge in [0.05, 0.1) is 6.21 Å². The Balaban J connectivity index is 1.28. The van der Waals surface area contributed by atoms with Gasteiger partial charge in [-0.3, -0.25) is 9.99 Å². The van der Waals surface area contributed by atoms with Crippen LogP contribution in [0.4, 0.5) is 18.9 Å². The van der Waals surface area contributed by atoms with E-state index >= 15 is 0 Å². The van der Waals surface area contributed by atoms with Gasteiger partial charge in [-0.15, -0.1) is 24.9 Å². The zero-order valence-corrected chi connectivity index (χ0v) is 22.0. The summed E-state index contributed by atoms with van der Waals surface area (Å²) in [6.07, 6.45) is -1.34. The first-order valence-corrected chi connectivity index (χ1v) is 12.9. The Morgan fingerprint density at radius 2 is 1.84 bits per heavy atom. The van der Waals surface area contributed by atoms with Crippen molar-refractivity contribution >= 4 is 41.0 Å². The molecule has 1 aromatic heterocycles. The van der Waals surface area contributed by atoms with Crippen LogP contribution in [0.15, 0.2) is 77.1 Å². The number of nitrogens with one attached hydrogen (secondary N) is 2. The van der Waals surface area contributed by atoms with Crippen LogP contribution < -0.4 is 15.5 Å². The summed E-state index contributed by atoms with van der Waals surface area (Å²) in [7, 11) is 0. The van der Waals surface area contributed by atoms with E-state index < -0.39 is 6.36 Å². The average Bonchev–Trinajstić information content (AvgIpc) is 3.30. The summed E-state index contributed by atoms with van der Waals surface area (Å²) in [5.41, 5.74) is 10.6. The molecule has 3 aromatic carbocycles. The number of hydrogen-bond acceptors (Lipinski definition) is 5. The summed E-state index contributed by atoms with van der Waals surface area (Å²) in [6.45, 7) is 4.04. The third-order valence-corrected chi connectivity index (χ3v) is 7.23. The molecule has 38 heavy (non-hydrogen) atoms. The second kappa shape index (κ2) is 10.5. The van der Waals surface area contributed by atoms with Crippen molar-refractivity contribution in [2.45, 2.75) is 31.0 Å². The van der Waals surface area contributed by atoms with Gasteiger partial charge in [0.15, 0.2) is 5.11 Å². The molecule has 2 N–H and O–H groups in total. The normalized spacial score (nSPS) is 12.7. The number of aromatic nitrogens is 2. The number of thiocarbonyl (C=S) groups is 1. The van der Waals surface area contributed by atoms with Gasteiger partial charge in [-0.1, -0.05) is 30.3 Å². The highest BCUT2D eigenvalue weighted by atomic mass is 32.2. The molecule has 0 bridgehead atoms. The fraction of sp³-hybridized carbons (Fsp3) is 0.148. The zero-order chi connectivity index (χ0) is 26.9. The summed E-state index contributed by atoms with van der Waals surface area (Å²) in [5, 5.41) is 8.79. The number of imidazole rings is 1. The number of hydrazone groups is 1. The summed E-state index contributed by atoms with van der Waals surface area (Å²) < 4.78 is 43.2. The van der Waals surface area contributed by atoms with Crippen molar-refractivity contribution in [1.29, 1.82) is 0 Å². The molecule has 1 aliphatic rings. The van der Waals surface area contributed by atoms with Gasteiger partial charge in [0.1, 0.15) is 22.8 Å². The van der Waals surface area contributed by atoms with Crippen LogP contribution in [0.5, 0.6) is 5.75 Å². The molecular formula is C27H22F3N5OS2. The van der Waals surface area contributed by atoms with Crippen LogP contribution in [0.2, 0.25) is 0 Å². The fourth-order valence-corrected chi connectivity index (χ4v) is 5.44. The van der Waals surface area contributed by atoms with Crippen LogP contribution in [0.25, 0.3) is 16.9 Å². The molecule has 1 aliphatic heterocycles. The third kappa shape index (κ3) is 5.68. The maximum absolute atomic E-state index is 12.5. The van der Waals surface area contributed by atoms with Crippen LogP contribution in [-0.2, 0) is 5.75 Å². The first-order valence-electron chi connectivity index (χ1n) is 11.5. The van der Waals surface area contributed by atoms with E-state index in [0.717, 1.165) is 44.2 Å². The molecule has 0 atom stereocenters. The maximum Gasteiger partial charge on any atom is 0.573 e. The van der Waals surface area contributed by atoms with E-state index in [9.17, 15) is 13.2 Å². The number of para-hydroxylation sites is 1. The highest BCUT2D eigenvalue weighted by Crippen LogP contribution is 2.42. The minimum absolute atomic E-state index is 0.265. The molecule has 0 spiro atoms. The van der Waals surface area contributed by atoms with Crippen molar-refractivity contribution in [2.24, 2.45) is 5.10 Å². The van der Waals surface area contributed by atoms with Crippen LogP contribution in [0, 0.1) is 13.8 Å². The van der Waals surface area contributed by atoms with Gasteiger partial charge in [0, 0.05) is 22.7 Å². The van der Waals surface area contributed by atoms with Crippen molar-refractivity contribution in [3.63, 3.8) is 0 Å². The summed E-state index contributed by atoms with van der Waals surface area (Å²) in [6, 6.07) is 17.8. The van der Waals surface area contributed by atoms with Crippen molar-refractivity contribution in [3.05, 3.63) is 89.2 Å². The molecule has 11 heteroatoms. The Morgan fingerprint density at radius 3 is 2.55 bits per heavy atom. The van der Waals surface area contributed by atoms with Gasteiger partial charge >= 0.3 is 6.36 Å². The number of alkyl halides is 3. The topological polar surface area (TPSA) is 63.5 Å². The molecule has 0 radical (unpaired) electrons. The van der Waals surface area contributed by atoms with E-state index in [-0.39, 0.29) is 5.75 Å². The maximum atomic E-state index is 12.5. The van der Waals surface area contributed by atoms with Gasteiger partial charge < -0.3 is 10.1 Å². The second-order valence-corrected chi connectivity index (χ2v) is 9.98. The Morgan fingerprint density at radius 1 is 1.11 bits per heavy atom. The summed E-state index contributed by atoms with van der Waals surface area (Å²) in [4.78, 5) is 4.58. The number of aryl methyl sites for hydroxylation is 2. The van der Waals surface area contributed by atoms with Gasteiger partial charge in [-0.05, 0) is 78.7 Å². The number of hydrogen-bond donors (Lipinski definition) is 2. The predicted molar refractivity (Wildman–Crippen MR) is 148 cm³/mol. The molecule has 0 fully saturated rings. The lowest BCUT2D eigenvalue weighted by molar-refractivity contribution is -0.274. The Labute approximate surface area is 226 Å². The standard InChI is InChI=1S/C27H22F3N5OS2/c1-16-4-3-5-17(2)23(16)33-26(37)34-32-13-18-6-11-22-19(12-18)14-38-25-24(22)31-15-35(25)20-7-9-21(10-8-20)36-27(28,29)30/h3-13,15H,14H2,1-2H3,(H2,33,34,37)/b32-13+. The number of ether oxygens (including phenoxy) is 1. The Kier molecular flexibility index (Phi) is 7.13. The molecule has 0 amide bonds. The zero-order valence-electron chi connectivity index (χ0n) is 20.3. The lowest BCUT2D eigenvalue weighted by Crippen LogP contribution is -2.24.